The minimum absolute atomic E-state index is 0. The van der Waals surface area contributed by atoms with Gasteiger partial charge < -0.3 is 34.3 Å². The fourth-order valence-electron chi connectivity index (χ4n) is 0.700. The maximum Gasteiger partial charge on any atom is 2.00 e. The van der Waals surface area contributed by atoms with Crippen LogP contribution in [0.3, 0.4) is 0 Å². The molecule has 0 aromatic heterocycles. The fourth-order valence-corrected chi connectivity index (χ4v) is 0.700. The van der Waals surface area contributed by atoms with E-state index < -0.39 is 11.9 Å². The predicted octanol–water partition coefficient (Wildman–Crippen LogP) is -4.23. The molecule has 120 valence electrons. The molecule has 0 bridgehead atoms. The van der Waals surface area contributed by atoms with Crippen LogP contribution >= 0.6 is 0 Å². The largest absolute Gasteiger partial charge is 2.00 e. The summed E-state index contributed by atoms with van der Waals surface area (Å²) in [4.78, 5) is 20.7. The van der Waals surface area contributed by atoms with E-state index in [0.717, 1.165) is 12.2 Å². The van der Waals surface area contributed by atoms with Crippen molar-refractivity contribution in [3.63, 3.8) is 0 Å². The van der Waals surface area contributed by atoms with Gasteiger partial charge in [0.2, 0.25) is 0 Å². The van der Waals surface area contributed by atoms with Crippen molar-refractivity contribution < 1.29 is 75.8 Å². The van der Waals surface area contributed by atoms with Crippen molar-refractivity contribution in [1.82, 2.24) is 0 Å². The van der Waals surface area contributed by atoms with Gasteiger partial charge in [0.15, 0.2) is 11.5 Å². The van der Waals surface area contributed by atoms with Crippen molar-refractivity contribution in [3.05, 3.63) is 23.7 Å². The molecule has 0 unspecified atom stereocenters. The topological polar surface area (TPSA) is 92.4 Å². The van der Waals surface area contributed by atoms with Crippen LogP contribution in [0.1, 0.15) is 27.7 Å². The van der Waals surface area contributed by atoms with Gasteiger partial charge in [-0.15, -0.1) is 0 Å². The third-order valence-electron chi connectivity index (χ3n) is 1.22. The second-order valence-electron chi connectivity index (χ2n) is 3.01. The number of allylic oxidation sites excluding steroid dienone is 2. The molecule has 0 saturated carbocycles. The van der Waals surface area contributed by atoms with E-state index in [0.29, 0.717) is 13.2 Å². The van der Waals surface area contributed by atoms with E-state index in [4.69, 9.17) is 0 Å². The second kappa shape index (κ2) is 21.6. The first-order valence-electron chi connectivity index (χ1n) is 5.37. The summed E-state index contributed by atoms with van der Waals surface area (Å²) in [5, 5.41) is 20.3. The third-order valence-corrected chi connectivity index (χ3v) is 1.22. The number of carbonyl (C=O) groups is 2. The molecule has 0 aromatic carbocycles. The Kier molecular flexibility index (Phi) is 33.3. The molecule has 0 aromatic rings. The Morgan fingerprint density at radius 1 is 0.810 bits per heavy atom. The Hall–Kier alpha value is -0.686. The molecule has 0 heterocycles. The molecule has 0 N–H and O–H groups in total. The first kappa shape index (κ1) is 32.3. The maximum atomic E-state index is 10.4. The van der Waals surface area contributed by atoms with Gasteiger partial charge in [-0.05, 0) is 27.7 Å². The summed E-state index contributed by atoms with van der Waals surface area (Å²) in [6.45, 7) is 6.59. The SMILES string of the molecule is CCOC(=O)C=C(C)[O].CCOC(=O)C=C(C)[O].[Cl-].[Cl-].[Ti+2]. The Morgan fingerprint density at radius 2 is 1.05 bits per heavy atom. The number of carbonyl (C=O) groups excluding carboxylic acids is 2. The number of ether oxygens (including phenoxy) is 2. The Bertz CT molecular complexity index is 292. The Morgan fingerprint density at radius 3 is 1.19 bits per heavy atom. The maximum absolute atomic E-state index is 10.4. The zero-order valence-corrected chi connectivity index (χ0v) is 15.3. The first-order valence-corrected chi connectivity index (χ1v) is 5.37. The molecule has 0 aliphatic heterocycles. The van der Waals surface area contributed by atoms with Crippen LogP contribution in [-0.4, -0.2) is 25.2 Å². The molecule has 0 aliphatic carbocycles. The Labute approximate surface area is 152 Å². The van der Waals surface area contributed by atoms with Crippen molar-refractivity contribution in [2.75, 3.05) is 13.2 Å². The van der Waals surface area contributed by atoms with E-state index in [-0.39, 0.29) is 58.1 Å². The van der Waals surface area contributed by atoms with Gasteiger partial charge >= 0.3 is 33.7 Å². The monoisotopic (exact) mass is 376 g/mol. The van der Waals surface area contributed by atoms with Crippen molar-refractivity contribution in [2.45, 2.75) is 27.7 Å². The van der Waals surface area contributed by atoms with Crippen LogP contribution < -0.4 is 24.8 Å². The summed E-state index contributed by atoms with van der Waals surface area (Å²) in [6, 6.07) is 0. The number of halogens is 2. The number of hydrogen-bond donors (Lipinski definition) is 0. The van der Waals surface area contributed by atoms with Crippen LogP contribution in [0.4, 0.5) is 0 Å². The molecule has 21 heavy (non-hydrogen) atoms. The standard InChI is InChI=1S/2C6H9O3.2ClH.Ti/c2*1-3-9-6(8)4-5(2)7;;;/h2*4H,3H2,1-2H3;2*1H;/q;;;;+2/p-2. The zero-order chi connectivity index (χ0) is 14.6. The van der Waals surface area contributed by atoms with Crippen molar-refractivity contribution in [2.24, 2.45) is 0 Å². The quantitative estimate of drug-likeness (QED) is 0.215. The minimum atomic E-state index is -0.565. The van der Waals surface area contributed by atoms with Gasteiger partial charge in [0.1, 0.15) is 0 Å². The summed E-state index contributed by atoms with van der Waals surface area (Å²) >= 11 is 0. The first-order chi connectivity index (χ1) is 8.33. The second-order valence-corrected chi connectivity index (χ2v) is 3.01. The van der Waals surface area contributed by atoms with Crippen molar-refractivity contribution in [3.8, 4) is 0 Å². The molecule has 0 amide bonds. The van der Waals surface area contributed by atoms with Gasteiger partial charge in [0, 0.05) is 0 Å². The van der Waals surface area contributed by atoms with Crippen LogP contribution in [0.2, 0.25) is 0 Å². The number of hydrogen-bond acceptors (Lipinski definition) is 4. The van der Waals surface area contributed by atoms with Gasteiger partial charge in [0.05, 0.1) is 25.4 Å². The average Bonchev–Trinajstić information content (AvgIpc) is 2.16. The van der Waals surface area contributed by atoms with Crippen LogP contribution in [0.5, 0.6) is 0 Å². The molecular weight excluding hydrogens is 359 g/mol. The predicted molar refractivity (Wildman–Crippen MR) is 62.2 cm³/mol. The summed E-state index contributed by atoms with van der Waals surface area (Å²) in [6.07, 6.45) is 1.84. The summed E-state index contributed by atoms with van der Waals surface area (Å²) in [5.41, 5.74) is 0. The van der Waals surface area contributed by atoms with Gasteiger partial charge in [-0.25, -0.2) is 9.59 Å². The molecule has 0 saturated heterocycles. The molecule has 2 radical (unpaired) electrons. The van der Waals surface area contributed by atoms with E-state index >= 15 is 0 Å². The average molecular weight is 377 g/mol. The molecule has 0 fully saturated rings. The molecule has 6 nitrogen and oxygen atoms in total. The summed E-state index contributed by atoms with van der Waals surface area (Å²) in [7, 11) is 0. The van der Waals surface area contributed by atoms with Crippen LogP contribution in [0, 0.1) is 0 Å². The normalized spacial score (nSPS) is 9.52. The Balaban J connectivity index is -0.0000000711. The number of rotatable bonds is 4. The minimum Gasteiger partial charge on any atom is -1.00 e. The van der Waals surface area contributed by atoms with Crippen LogP contribution in [0.15, 0.2) is 23.7 Å². The third kappa shape index (κ3) is 32.7. The van der Waals surface area contributed by atoms with E-state index in [1.165, 1.54) is 13.8 Å². The smallest absolute Gasteiger partial charge is 1.00 e. The molecule has 0 atom stereocenters. The van der Waals surface area contributed by atoms with Crippen LogP contribution in [0.25, 0.3) is 0 Å². The molecular formula is C12H18Cl2O6Ti. The van der Waals surface area contributed by atoms with Gasteiger partial charge in [-0.1, -0.05) is 0 Å². The summed E-state index contributed by atoms with van der Waals surface area (Å²) in [5.74, 6) is -1.70. The molecule has 0 spiro atoms. The van der Waals surface area contributed by atoms with Gasteiger partial charge in [-0.3, -0.25) is 10.2 Å². The zero-order valence-electron chi connectivity index (χ0n) is 12.3. The van der Waals surface area contributed by atoms with E-state index in [1.807, 2.05) is 0 Å². The summed E-state index contributed by atoms with van der Waals surface area (Å²) < 4.78 is 8.87. The van der Waals surface area contributed by atoms with Crippen LogP contribution in [-0.2, 0) is 51.0 Å². The van der Waals surface area contributed by atoms with Gasteiger partial charge in [0.25, 0.3) is 0 Å². The van der Waals surface area contributed by atoms with Crippen molar-refractivity contribution in [1.29, 1.82) is 0 Å². The van der Waals surface area contributed by atoms with Crippen molar-refractivity contribution >= 4 is 11.9 Å². The molecule has 9 heteroatoms. The van der Waals surface area contributed by atoms with E-state index in [1.54, 1.807) is 13.8 Å². The van der Waals surface area contributed by atoms with E-state index in [2.05, 4.69) is 9.47 Å². The number of esters is 2. The molecule has 0 rings (SSSR count). The molecule has 0 aliphatic rings. The fraction of sp³-hybridized carbons (Fsp3) is 0.500. The van der Waals surface area contributed by atoms with Gasteiger partial charge in [-0.2, -0.15) is 0 Å². The van der Waals surface area contributed by atoms with E-state index in [9.17, 15) is 19.8 Å².